The Hall–Kier alpha value is -2.14. The molecule has 0 saturated carbocycles. The topological polar surface area (TPSA) is 43.6 Å². The van der Waals surface area contributed by atoms with E-state index in [1.807, 2.05) is 12.1 Å². The Bertz CT molecular complexity index is 795. The van der Waals surface area contributed by atoms with E-state index in [2.05, 4.69) is 66.6 Å². The van der Waals surface area contributed by atoms with Gasteiger partial charge in [0.05, 0.1) is 5.69 Å². The second-order valence-corrected chi connectivity index (χ2v) is 6.37. The summed E-state index contributed by atoms with van der Waals surface area (Å²) in [5.74, 6) is 0.861. The SMILES string of the molecule is Cc1cccc(-n2nnnc2SCc2cc(C)ccc2C)c1. The second kappa shape index (κ2) is 6.32. The number of aromatic nitrogens is 4. The Balaban J connectivity index is 1.82. The lowest BCUT2D eigenvalue weighted by atomic mass is 10.1. The highest BCUT2D eigenvalue weighted by Gasteiger charge is 2.10. The van der Waals surface area contributed by atoms with E-state index in [0.29, 0.717) is 0 Å². The number of benzene rings is 2. The number of hydrogen-bond donors (Lipinski definition) is 0. The molecule has 0 bridgehead atoms. The molecule has 1 aromatic heterocycles. The van der Waals surface area contributed by atoms with Gasteiger partial charge in [-0.2, -0.15) is 4.68 Å². The summed E-state index contributed by atoms with van der Waals surface area (Å²) in [5, 5.41) is 12.9. The summed E-state index contributed by atoms with van der Waals surface area (Å²) in [6, 6.07) is 14.7. The van der Waals surface area contributed by atoms with Crippen molar-refractivity contribution < 1.29 is 0 Å². The van der Waals surface area contributed by atoms with E-state index in [4.69, 9.17) is 0 Å². The van der Waals surface area contributed by atoms with Gasteiger partial charge in [0.15, 0.2) is 0 Å². The minimum absolute atomic E-state index is 0.812. The van der Waals surface area contributed by atoms with Gasteiger partial charge in [0.1, 0.15) is 0 Å². The molecule has 0 spiro atoms. The molecule has 22 heavy (non-hydrogen) atoms. The number of thioether (sulfide) groups is 1. The second-order valence-electron chi connectivity index (χ2n) is 5.43. The first-order chi connectivity index (χ1) is 10.6. The van der Waals surface area contributed by atoms with Crippen LogP contribution in [0, 0.1) is 20.8 Å². The maximum Gasteiger partial charge on any atom is 0.214 e. The van der Waals surface area contributed by atoms with Crippen molar-refractivity contribution in [2.45, 2.75) is 31.7 Å². The quantitative estimate of drug-likeness (QED) is 0.686. The van der Waals surface area contributed by atoms with Crippen LogP contribution in [0.25, 0.3) is 5.69 Å². The number of rotatable bonds is 4. The van der Waals surface area contributed by atoms with Crippen molar-refractivity contribution in [3.05, 3.63) is 64.7 Å². The Kier molecular flexibility index (Phi) is 4.24. The van der Waals surface area contributed by atoms with Gasteiger partial charge in [0.2, 0.25) is 5.16 Å². The van der Waals surface area contributed by atoms with E-state index in [1.165, 1.54) is 22.3 Å². The zero-order valence-corrected chi connectivity index (χ0v) is 13.8. The molecule has 4 nitrogen and oxygen atoms in total. The molecule has 0 N–H and O–H groups in total. The Morgan fingerprint density at radius 3 is 2.64 bits per heavy atom. The van der Waals surface area contributed by atoms with Gasteiger partial charge < -0.3 is 0 Å². The molecular weight excluding hydrogens is 292 g/mol. The number of hydrogen-bond acceptors (Lipinski definition) is 4. The zero-order valence-electron chi connectivity index (χ0n) is 12.9. The summed E-state index contributed by atoms with van der Waals surface area (Å²) in [4.78, 5) is 0. The van der Waals surface area contributed by atoms with Crippen molar-refractivity contribution in [2.24, 2.45) is 0 Å². The molecule has 0 amide bonds. The zero-order chi connectivity index (χ0) is 15.5. The van der Waals surface area contributed by atoms with E-state index < -0.39 is 0 Å². The average Bonchev–Trinajstić information content (AvgIpc) is 2.97. The lowest BCUT2D eigenvalue weighted by Crippen LogP contribution is -1.99. The van der Waals surface area contributed by atoms with E-state index in [1.54, 1.807) is 16.4 Å². The molecular formula is C17H18N4S. The molecule has 0 saturated heterocycles. The monoisotopic (exact) mass is 310 g/mol. The molecule has 0 unspecified atom stereocenters. The van der Waals surface area contributed by atoms with Gasteiger partial charge in [-0.25, -0.2) is 0 Å². The normalized spacial score (nSPS) is 10.9. The van der Waals surface area contributed by atoms with E-state index in [0.717, 1.165) is 16.6 Å². The Labute approximate surface area is 134 Å². The van der Waals surface area contributed by atoms with Gasteiger partial charge in [0.25, 0.3) is 0 Å². The van der Waals surface area contributed by atoms with Crippen LogP contribution in [0.4, 0.5) is 0 Å². The van der Waals surface area contributed by atoms with Crippen molar-refractivity contribution in [3.8, 4) is 5.69 Å². The molecule has 0 atom stereocenters. The summed E-state index contributed by atoms with van der Waals surface area (Å²) >= 11 is 1.66. The Morgan fingerprint density at radius 1 is 1.00 bits per heavy atom. The molecule has 3 rings (SSSR count). The van der Waals surface area contributed by atoms with Crippen molar-refractivity contribution >= 4 is 11.8 Å². The third-order valence-corrected chi connectivity index (χ3v) is 4.52. The molecule has 0 aliphatic heterocycles. The van der Waals surface area contributed by atoms with Crippen LogP contribution in [-0.2, 0) is 5.75 Å². The van der Waals surface area contributed by atoms with Gasteiger partial charge in [-0.1, -0.05) is 47.7 Å². The van der Waals surface area contributed by atoms with E-state index in [-0.39, 0.29) is 0 Å². The van der Waals surface area contributed by atoms with E-state index in [9.17, 15) is 0 Å². The molecule has 0 aliphatic rings. The molecule has 112 valence electrons. The van der Waals surface area contributed by atoms with Gasteiger partial charge in [0, 0.05) is 5.75 Å². The lowest BCUT2D eigenvalue weighted by Gasteiger charge is -2.07. The van der Waals surface area contributed by atoms with Crippen molar-refractivity contribution in [1.82, 2.24) is 20.2 Å². The standard InChI is InChI=1S/C17H18N4S/c1-12-5-4-6-16(10-12)21-17(18-19-20-21)22-11-15-9-13(2)7-8-14(15)3/h4-10H,11H2,1-3H3. The smallest absolute Gasteiger partial charge is 0.187 e. The maximum absolute atomic E-state index is 4.15. The highest BCUT2D eigenvalue weighted by atomic mass is 32.2. The van der Waals surface area contributed by atoms with Crippen LogP contribution in [0.15, 0.2) is 47.6 Å². The molecule has 2 aromatic carbocycles. The summed E-state index contributed by atoms with van der Waals surface area (Å²) in [5.41, 5.74) is 6.09. The fourth-order valence-electron chi connectivity index (χ4n) is 2.29. The highest BCUT2D eigenvalue weighted by Crippen LogP contribution is 2.24. The van der Waals surface area contributed by atoms with Crippen LogP contribution in [0.2, 0.25) is 0 Å². The Morgan fingerprint density at radius 2 is 1.82 bits per heavy atom. The first kappa shape index (κ1) is 14.8. The average molecular weight is 310 g/mol. The molecule has 5 heteroatoms. The largest absolute Gasteiger partial charge is 0.214 e. The predicted molar refractivity (Wildman–Crippen MR) is 89.4 cm³/mol. The van der Waals surface area contributed by atoms with Crippen molar-refractivity contribution in [3.63, 3.8) is 0 Å². The summed E-state index contributed by atoms with van der Waals surface area (Å²) in [7, 11) is 0. The fraction of sp³-hybridized carbons (Fsp3) is 0.235. The van der Waals surface area contributed by atoms with Crippen LogP contribution in [0.5, 0.6) is 0 Å². The maximum atomic E-state index is 4.15. The van der Waals surface area contributed by atoms with E-state index >= 15 is 0 Å². The number of tetrazole rings is 1. The third kappa shape index (κ3) is 3.20. The van der Waals surface area contributed by atoms with Gasteiger partial charge in [-0.3, -0.25) is 0 Å². The van der Waals surface area contributed by atoms with Crippen LogP contribution in [-0.4, -0.2) is 20.2 Å². The van der Waals surface area contributed by atoms with Gasteiger partial charge in [-0.15, -0.1) is 5.10 Å². The minimum atomic E-state index is 0.812. The summed E-state index contributed by atoms with van der Waals surface area (Å²) < 4.78 is 1.79. The molecule has 3 aromatic rings. The predicted octanol–water partition coefficient (Wildman–Crippen LogP) is 3.88. The molecule has 0 radical (unpaired) electrons. The van der Waals surface area contributed by atoms with Crippen molar-refractivity contribution in [2.75, 3.05) is 0 Å². The first-order valence-electron chi connectivity index (χ1n) is 7.18. The van der Waals surface area contributed by atoms with Crippen LogP contribution >= 0.6 is 11.8 Å². The lowest BCUT2D eigenvalue weighted by molar-refractivity contribution is 0.755. The summed E-state index contributed by atoms with van der Waals surface area (Å²) in [6.45, 7) is 6.32. The van der Waals surface area contributed by atoms with Gasteiger partial charge >= 0.3 is 0 Å². The number of nitrogens with zero attached hydrogens (tertiary/aromatic N) is 4. The number of aryl methyl sites for hydroxylation is 3. The fourth-order valence-corrected chi connectivity index (χ4v) is 3.24. The van der Waals surface area contributed by atoms with Gasteiger partial charge in [-0.05, 0) is 60.0 Å². The van der Waals surface area contributed by atoms with Crippen LogP contribution in [0.3, 0.4) is 0 Å². The highest BCUT2D eigenvalue weighted by molar-refractivity contribution is 7.98. The molecule has 1 heterocycles. The summed E-state index contributed by atoms with van der Waals surface area (Å²) in [6.07, 6.45) is 0. The third-order valence-electron chi connectivity index (χ3n) is 3.55. The van der Waals surface area contributed by atoms with Crippen molar-refractivity contribution in [1.29, 1.82) is 0 Å². The molecule has 0 fully saturated rings. The molecule has 0 aliphatic carbocycles. The van der Waals surface area contributed by atoms with Crippen LogP contribution < -0.4 is 0 Å². The first-order valence-corrected chi connectivity index (χ1v) is 8.16. The van der Waals surface area contributed by atoms with Crippen LogP contribution in [0.1, 0.15) is 22.3 Å². The minimum Gasteiger partial charge on any atom is -0.187 e.